The maximum absolute atomic E-state index is 13.1. The van der Waals surface area contributed by atoms with Gasteiger partial charge in [0, 0.05) is 23.2 Å². The molecule has 0 amide bonds. The van der Waals surface area contributed by atoms with Crippen LogP contribution in [0.25, 0.3) is 11.4 Å². The first-order valence-corrected chi connectivity index (χ1v) is 6.38. The zero-order valence-electron chi connectivity index (χ0n) is 9.62. The molecular weight excluding hydrogens is 269 g/mol. The summed E-state index contributed by atoms with van der Waals surface area (Å²) in [6, 6.07) is 4.14. The number of hydrogen-bond donors (Lipinski definition) is 0. The van der Waals surface area contributed by atoms with Crippen LogP contribution in [-0.2, 0) is 6.54 Å². The molecule has 0 radical (unpaired) electrons. The highest BCUT2D eigenvalue weighted by molar-refractivity contribution is 7.08. The number of hydrogen-bond acceptors (Lipinski definition) is 5. The Labute approximate surface area is 110 Å². The predicted octanol–water partition coefficient (Wildman–Crippen LogP) is 2.15. The summed E-state index contributed by atoms with van der Waals surface area (Å²) in [5, 5.41) is 7.62. The summed E-state index contributed by atoms with van der Waals surface area (Å²) in [7, 11) is 0. The quantitative estimate of drug-likeness (QED) is 0.736. The van der Waals surface area contributed by atoms with Crippen LogP contribution in [0.2, 0.25) is 0 Å². The Morgan fingerprint density at radius 3 is 3.05 bits per heavy atom. The lowest BCUT2D eigenvalue weighted by Gasteiger charge is -2.00. The van der Waals surface area contributed by atoms with Crippen molar-refractivity contribution in [3.63, 3.8) is 0 Å². The third kappa shape index (κ3) is 2.45. The Balaban J connectivity index is 1.88. The molecule has 0 saturated carbocycles. The Morgan fingerprint density at radius 2 is 2.26 bits per heavy atom. The van der Waals surface area contributed by atoms with Crippen molar-refractivity contribution in [3.8, 4) is 11.4 Å². The molecule has 3 heterocycles. The highest BCUT2D eigenvalue weighted by atomic mass is 32.1. The van der Waals surface area contributed by atoms with Crippen molar-refractivity contribution in [3.05, 3.63) is 57.2 Å². The van der Waals surface area contributed by atoms with E-state index in [-0.39, 0.29) is 18.0 Å². The second-order valence-electron chi connectivity index (χ2n) is 3.84. The van der Waals surface area contributed by atoms with E-state index in [2.05, 4.69) is 10.1 Å². The lowest BCUT2D eigenvalue weighted by molar-refractivity contribution is 0.369. The average Bonchev–Trinajstić information content (AvgIpc) is 3.04. The smallest absolute Gasteiger partial charge is 0.251 e. The van der Waals surface area contributed by atoms with Gasteiger partial charge in [-0.3, -0.25) is 4.79 Å². The topological polar surface area (TPSA) is 60.9 Å². The predicted molar refractivity (Wildman–Crippen MR) is 67.4 cm³/mol. The highest BCUT2D eigenvalue weighted by Crippen LogP contribution is 2.18. The van der Waals surface area contributed by atoms with E-state index in [0.717, 1.165) is 23.9 Å². The van der Waals surface area contributed by atoms with Gasteiger partial charge in [0.15, 0.2) is 0 Å². The van der Waals surface area contributed by atoms with Gasteiger partial charge in [-0.2, -0.15) is 16.3 Å². The molecule has 3 rings (SSSR count). The van der Waals surface area contributed by atoms with Gasteiger partial charge in [0.1, 0.15) is 12.4 Å². The Hall–Kier alpha value is -2.28. The minimum Gasteiger partial charge on any atom is -0.337 e. The first kappa shape index (κ1) is 11.8. The molecule has 3 aromatic rings. The van der Waals surface area contributed by atoms with Crippen LogP contribution >= 0.6 is 11.3 Å². The minimum atomic E-state index is -0.489. The van der Waals surface area contributed by atoms with Gasteiger partial charge in [-0.1, -0.05) is 5.16 Å². The average molecular weight is 277 g/mol. The van der Waals surface area contributed by atoms with Crippen molar-refractivity contribution in [2.75, 3.05) is 0 Å². The fraction of sp³-hybridized carbons (Fsp3) is 0.0833. The second kappa shape index (κ2) is 4.77. The second-order valence-corrected chi connectivity index (χ2v) is 4.62. The summed E-state index contributed by atoms with van der Waals surface area (Å²) in [6.45, 7) is 0.0493. The van der Waals surface area contributed by atoms with Gasteiger partial charge in [-0.25, -0.2) is 4.39 Å². The van der Waals surface area contributed by atoms with Crippen LogP contribution in [0.3, 0.4) is 0 Å². The summed E-state index contributed by atoms with van der Waals surface area (Å²) in [5.41, 5.74) is 0.531. The molecule has 0 aliphatic heterocycles. The van der Waals surface area contributed by atoms with Crippen LogP contribution in [0, 0.1) is 5.82 Å². The molecule has 7 heteroatoms. The molecule has 3 aromatic heterocycles. The van der Waals surface area contributed by atoms with E-state index in [1.807, 2.05) is 16.8 Å². The van der Waals surface area contributed by atoms with E-state index in [4.69, 9.17) is 4.52 Å². The first-order valence-electron chi connectivity index (χ1n) is 5.43. The maximum Gasteiger partial charge on any atom is 0.251 e. The molecule has 0 unspecified atom stereocenters. The summed E-state index contributed by atoms with van der Waals surface area (Å²) in [4.78, 5) is 15.7. The molecule has 19 heavy (non-hydrogen) atoms. The van der Waals surface area contributed by atoms with E-state index in [9.17, 15) is 9.18 Å². The van der Waals surface area contributed by atoms with Crippen molar-refractivity contribution < 1.29 is 8.91 Å². The van der Waals surface area contributed by atoms with Crippen LogP contribution in [0.15, 0.2) is 44.5 Å². The summed E-state index contributed by atoms with van der Waals surface area (Å²) in [6.07, 6.45) is 1.11. The minimum absolute atomic E-state index is 0.0493. The Morgan fingerprint density at radius 1 is 1.37 bits per heavy atom. The number of rotatable bonds is 3. The van der Waals surface area contributed by atoms with Crippen LogP contribution in [0.4, 0.5) is 4.39 Å². The number of aromatic nitrogens is 3. The lowest BCUT2D eigenvalue weighted by Crippen LogP contribution is -2.19. The molecule has 0 saturated heterocycles. The SMILES string of the molecule is O=c1ccc(F)cn1Cc1nc(-c2ccsc2)no1. The van der Waals surface area contributed by atoms with Gasteiger partial charge in [0.05, 0.1) is 0 Å². The van der Waals surface area contributed by atoms with Crippen LogP contribution < -0.4 is 5.56 Å². The first-order chi connectivity index (χ1) is 9.22. The van der Waals surface area contributed by atoms with Gasteiger partial charge in [0.2, 0.25) is 11.7 Å². The standard InChI is InChI=1S/C12H8FN3O2S/c13-9-1-2-11(17)16(5-9)6-10-14-12(15-18-10)8-3-4-19-7-8/h1-5,7H,6H2. The normalized spacial score (nSPS) is 10.8. The van der Waals surface area contributed by atoms with Gasteiger partial charge in [-0.05, 0) is 17.5 Å². The number of thiophene rings is 1. The zero-order chi connectivity index (χ0) is 13.2. The number of pyridine rings is 1. The van der Waals surface area contributed by atoms with Crippen molar-refractivity contribution in [2.24, 2.45) is 0 Å². The molecule has 0 aromatic carbocycles. The zero-order valence-corrected chi connectivity index (χ0v) is 10.4. The summed E-state index contributed by atoms with van der Waals surface area (Å²) < 4.78 is 19.3. The molecule has 0 aliphatic rings. The molecule has 0 aliphatic carbocycles. The molecule has 0 fully saturated rings. The molecule has 0 spiro atoms. The third-order valence-corrected chi connectivity index (χ3v) is 3.18. The lowest BCUT2D eigenvalue weighted by atomic mass is 10.3. The fourth-order valence-corrected chi connectivity index (χ4v) is 2.23. The Bertz CT molecular complexity index is 748. The maximum atomic E-state index is 13.1. The van der Waals surface area contributed by atoms with Crippen LogP contribution in [0.5, 0.6) is 0 Å². The molecule has 5 nitrogen and oxygen atoms in total. The molecule has 0 atom stereocenters. The molecule has 0 bridgehead atoms. The molecular formula is C12H8FN3O2S. The van der Waals surface area contributed by atoms with Gasteiger partial charge in [-0.15, -0.1) is 0 Å². The summed E-state index contributed by atoms with van der Waals surface area (Å²) >= 11 is 1.53. The van der Waals surface area contributed by atoms with Crippen molar-refractivity contribution in [1.82, 2.24) is 14.7 Å². The van der Waals surface area contributed by atoms with E-state index < -0.39 is 5.82 Å². The highest BCUT2D eigenvalue weighted by Gasteiger charge is 2.10. The molecule has 0 N–H and O–H groups in total. The van der Waals surface area contributed by atoms with E-state index in [0.29, 0.717) is 5.82 Å². The summed E-state index contributed by atoms with van der Waals surface area (Å²) in [5.74, 6) is 0.228. The van der Waals surface area contributed by atoms with Crippen molar-refractivity contribution >= 4 is 11.3 Å². The van der Waals surface area contributed by atoms with Gasteiger partial charge in [0.25, 0.3) is 5.56 Å². The largest absolute Gasteiger partial charge is 0.337 e. The van der Waals surface area contributed by atoms with E-state index in [1.54, 1.807) is 0 Å². The van der Waals surface area contributed by atoms with Gasteiger partial charge >= 0.3 is 0 Å². The van der Waals surface area contributed by atoms with E-state index >= 15 is 0 Å². The fourth-order valence-electron chi connectivity index (χ4n) is 1.60. The monoisotopic (exact) mass is 277 g/mol. The third-order valence-electron chi connectivity index (χ3n) is 2.50. The van der Waals surface area contributed by atoms with Crippen molar-refractivity contribution in [2.45, 2.75) is 6.54 Å². The van der Waals surface area contributed by atoms with Crippen molar-refractivity contribution in [1.29, 1.82) is 0 Å². The van der Waals surface area contributed by atoms with Crippen LogP contribution in [-0.4, -0.2) is 14.7 Å². The Kier molecular flexibility index (Phi) is 2.96. The van der Waals surface area contributed by atoms with Crippen LogP contribution in [0.1, 0.15) is 5.89 Å². The van der Waals surface area contributed by atoms with E-state index in [1.165, 1.54) is 15.9 Å². The van der Waals surface area contributed by atoms with Gasteiger partial charge < -0.3 is 9.09 Å². The molecule has 96 valence electrons. The number of halogens is 1. The number of nitrogens with zero attached hydrogens (tertiary/aromatic N) is 3.